The number of nitrogens with zero attached hydrogens (tertiary/aromatic N) is 2. The van der Waals surface area contributed by atoms with Gasteiger partial charge in [-0.2, -0.15) is 0 Å². The fourth-order valence-electron chi connectivity index (χ4n) is 3.22. The number of urea groups is 1. The van der Waals surface area contributed by atoms with E-state index in [4.69, 9.17) is 6.42 Å². The molecule has 5 heteroatoms. The van der Waals surface area contributed by atoms with Crippen molar-refractivity contribution in [2.75, 3.05) is 19.6 Å². The van der Waals surface area contributed by atoms with Gasteiger partial charge in [0.25, 0.3) is 0 Å². The third-order valence-corrected chi connectivity index (χ3v) is 4.68. The molecule has 0 aromatic rings. The molecule has 0 bridgehead atoms. The minimum Gasteiger partial charge on any atom is -0.340 e. The molecule has 1 atom stereocenters. The quantitative estimate of drug-likeness (QED) is 0.809. The van der Waals surface area contributed by atoms with Gasteiger partial charge in [-0.1, -0.05) is 19.8 Å². The molecule has 0 spiro atoms. The van der Waals surface area contributed by atoms with E-state index in [2.05, 4.69) is 11.2 Å². The summed E-state index contributed by atoms with van der Waals surface area (Å²) in [5.74, 6) is 3.13. The molecule has 0 aromatic heterocycles. The van der Waals surface area contributed by atoms with Crippen LogP contribution in [-0.2, 0) is 4.79 Å². The summed E-state index contributed by atoms with van der Waals surface area (Å²) in [6.07, 6.45) is 9.98. The minimum atomic E-state index is -0.228. The lowest BCUT2D eigenvalue weighted by Gasteiger charge is -2.40. The van der Waals surface area contributed by atoms with Crippen molar-refractivity contribution in [2.24, 2.45) is 5.92 Å². The van der Waals surface area contributed by atoms with E-state index in [-0.39, 0.29) is 23.9 Å². The number of carbonyl (C=O) groups excluding carboxylic acids is 2. The SMILES string of the molecule is C#C[C@H](NC(=O)N1CCC(N2CCCCC2=O)CC1)C(C)C. The van der Waals surface area contributed by atoms with Gasteiger partial charge in [0.05, 0.1) is 6.04 Å². The Balaban J connectivity index is 1.82. The van der Waals surface area contributed by atoms with E-state index in [1.54, 1.807) is 0 Å². The molecule has 0 saturated carbocycles. The van der Waals surface area contributed by atoms with Gasteiger partial charge in [0.2, 0.25) is 5.91 Å². The first kappa shape index (κ1) is 16.7. The van der Waals surface area contributed by atoms with Crippen LogP contribution in [0.4, 0.5) is 4.79 Å². The molecule has 2 aliphatic heterocycles. The van der Waals surface area contributed by atoms with Crippen LogP contribution in [0.15, 0.2) is 0 Å². The van der Waals surface area contributed by atoms with Crippen LogP contribution in [0.5, 0.6) is 0 Å². The molecule has 122 valence electrons. The third kappa shape index (κ3) is 3.94. The average Bonchev–Trinajstić information content (AvgIpc) is 2.52. The summed E-state index contributed by atoms with van der Waals surface area (Å²) in [6, 6.07) is -0.0145. The highest BCUT2D eigenvalue weighted by molar-refractivity contribution is 5.77. The van der Waals surface area contributed by atoms with Crippen molar-refractivity contribution >= 4 is 11.9 Å². The molecule has 0 aromatic carbocycles. The summed E-state index contributed by atoms with van der Waals surface area (Å²) in [6.45, 7) is 6.26. The molecule has 2 heterocycles. The Morgan fingerprint density at radius 2 is 1.95 bits per heavy atom. The third-order valence-electron chi connectivity index (χ3n) is 4.68. The van der Waals surface area contributed by atoms with Gasteiger partial charge in [0.1, 0.15) is 0 Å². The van der Waals surface area contributed by atoms with E-state index in [0.29, 0.717) is 25.6 Å². The monoisotopic (exact) mass is 305 g/mol. The summed E-state index contributed by atoms with van der Waals surface area (Å²) < 4.78 is 0. The van der Waals surface area contributed by atoms with Crippen LogP contribution in [0, 0.1) is 18.3 Å². The van der Waals surface area contributed by atoms with Crippen molar-refractivity contribution < 1.29 is 9.59 Å². The van der Waals surface area contributed by atoms with Crippen molar-refractivity contribution in [3.05, 3.63) is 0 Å². The Morgan fingerprint density at radius 1 is 1.27 bits per heavy atom. The smallest absolute Gasteiger partial charge is 0.318 e. The molecule has 2 saturated heterocycles. The molecule has 2 fully saturated rings. The van der Waals surface area contributed by atoms with Gasteiger partial charge in [-0.15, -0.1) is 6.42 Å². The van der Waals surface area contributed by atoms with Crippen LogP contribution in [0.3, 0.4) is 0 Å². The molecule has 0 aliphatic carbocycles. The fourth-order valence-corrected chi connectivity index (χ4v) is 3.22. The molecule has 1 N–H and O–H groups in total. The standard InChI is InChI=1S/C17H27N3O2/c1-4-15(13(2)3)18-17(22)19-11-8-14(9-12-19)20-10-6-5-7-16(20)21/h1,13-15H,5-12H2,2-3H3,(H,18,22)/t15-/m0/s1. The Hall–Kier alpha value is -1.70. The highest BCUT2D eigenvalue weighted by Crippen LogP contribution is 2.21. The molecule has 2 rings (SSSR count). The van der Waals surface area contributed by atoms with Crippen LogP contribution in [0.1, 0.15) is 46.0 Å². The molecular weight excluding hydrogens is 278 g/mol. The summed E-state index contributed by atoms with van der Waals surface area (Å²) >= 11 is 0. The Labute approximate surface area is 133 Å². The highest BCUT2D eigenvalue weighted by atomic mass is 16.2. The molecule has 3 amide bonds. The molecule has 0 unspecified atom stereocenters. The maximum absolute atomic E-state index is 12.3. The average molecular weight is 305 g/mol. The number of hydrogen-bond donors (Lipinski definition) is 1. The minimum absolute atomic E-state index is 0.0833. The second-order valence-corrected chi connectivity index (χ2v) is 6.60. The predicted molar refractivity (Wildman–Crippen MR) is 86.1 cm³/mol. The number of hydrogen-bond acceptors (Lipinski definition) is 2. The van der Waals surface area contributed by atoms with Crippen LogP contribution in [-0.4, -0.2) is 53.5 Å². The normalized spacial score (nSPS) is 21.6. The molecule has 5 nitrogen and oxygen atoms in total. The number of piperidine rings is 2. The van der Waals surface area contributed by atoms with Crippen molar-refractivity contribution in [3.63, 3.8) is 0 Å². The van der Waals surface area contributed by atoms with E-state index in [0.717, 1.165) is 32.2 Å². The Kier molecular flexibility index (Phi) is 5.70. The highest BCUT2D eigenvalue weighted by Gasteiger charge is 2.31. The van der Waals surface area contributed by atoms with E-state index >= 15 is 0 Å². The lowest BCUT2D eigenvalue weighted by Crippen LogP contribution is -2.53. The zero-order chi connectivity index (χ0) is 16.1. The number of carbonyl (C=O) groups is 2. The van der Waals surface area contributed by atoms with Gasteiger partial charge < -0.3 is 15.1 Å². The Bertz CT molecular complexity index is 447. The van der Waals surface area contributed by atoms with Crippen molar-refractivity contribution in [1.82, 2.24) is 15.1 Å². The lowest BCUT2D eigenvalue weighted by molar-refractivity contribution is -0.136. The van der Waals surface area contributed by atoms with Gasteiger partial charge in [0.15, 0.2) is 0 Å². The summed E-state index contributed by atoms with van der Waals surface area (Å²) in [5.41, 5.74) is 0. The number of rotatable bonds is 3. The summed E-state index contributed by atoms with van der Waals surface area (Å²) in [4.78, 5) is 28.1. The van der Waals surface area contributed by atoms with E-state index in [1.807, 2.05) is 23.6 Å². The largest absolute Gasteiger partial charge is 0.340 e. The summed E-state index contributed by atoms with van der Waals surface area (Å²) in [5, 5.41) is 2.91. The zero-order valence-corrected chi connectivity index (χ0v) is 13.7. The second kappa shape index (κ2) is 7.53. The van der Waals surface area contributed by atoms with Gasteiger partial charge in [-0.05, 0) is 31.6 Å². The number of nitrogens with one attached hydrogen (secondary N) is 1. The Morgan fingerprint density at radius 3 is 2.50 bits per heavy atom. The number of likely N-dealkylation sites (tertiary alicyclic amines) is 2. The van der Waals surface area contributed by atoms with Crippen molar-refractivity contribution in [1.29, 1.82) is 0 Å². The first-order chi connectivity index (χ1) is 10.5. The van der Waals surface area contributed by atoms with Gasteiger partial charge in [-0.3, -0.25) is 4.79 Å². The van der Waals surface area contributed by atoms with Crippen LogP contribution < -0.4 is 5.32 Å². The maximum atomic E-state index is 12.3. The number of terminal acetylenes is 1. The van der Waals surface area contributed by atoms with Crippen LogP contribution in [0.25, 0.3) is 0 Å². The molecule has 22 heavy (non-hydrogen) atoms. The second-order valence-electron chi connectivity index (χ2n) is 6.60. The first-order valence-corrected chi connectivity index (χ1v) is 8.34. The van der Waals surface area contributed by atoms with Crippen LogP contribution >= 0.6 is 0 Å². The van der Waals surface area contributed by atoms with Crippen molar-refractivity contribution in [3.8, 4) is 12.3 Å². The van der Waals surface area contributed by atoms with Gasteiger partial charge in [0, 0.05) is 32.1 Å². The number of amides is 3. The molecule has 0 radical (unpaired) electrons. The molecule has 2 aliphatic rings. The van der Waals surface area contributed by atoms with E-state index in [1.165, 1.54) is 0 Å². The summed E-state index contributed by atoms with van der Waals surface area (Å²) in [7, 11) is 0. The van der Waals surface area contributed by atoms with Crippen molar-refractivity contribution in [2.45, 2.75) is 58.0 Å². The van der Waals surface area contributed by atoms with Gasteiger partial charge in [-0.25, -0.2) is 4.79 Å². The zero-order valence-electron chi connectivity index (χ0n) is 13.7. The lowest BCUT2D eigenvalue weighted by atomic mass is 9.99. The fraction of sp³-hybridized carbons (Fsp3) is 0.765. The van der Waals surface area contributed by atoms with E-state index < -0.39 is 0 Å². The van der Waals surface area contributed by atoms with Crippen LogP contribution in [0.2, 0.25) is 0 Å². The van der Waals surface area contributed by atoms with E-state index in [9.17, 15) is 9.59 Å². The topological polar surface area (TPSA) is 52.7 Å². The molecular formula is C17H27N3O2. The van der Waals surface area contributed by atoms with Gasteiger partial charge >= 0.3 is 6.03 Å². The maximum Gasteiger partial charge on any atom is 0.318 e. The predicted octanol–water partition coefficient (Wildman–Crippen LogP) is 1.83. The first-order valence-electron chi connectivity index (χ1n) is 8.34.